The monoisotopic (exact) mass is 559 g/mol. The first-order valence-corrected chi connectivity index (χ1v) is 15.6. The molecule has 2 amide bonds. The Morgan fingerprint density at radius 2 is 1.89 bits per heavy atom. The molecular formula is C28H34ClN3O5S. The topological polar surface area (TPSA) is 105 Å². The van der Waals surface area contributed by atoms with E-state index >= 15 is 0 Å². The average molecular weight is 560 g/mol. The van der Waals surface area contributed by atoms with Crippen LogP contribution in [0.25, 0.3) is 0 Å². The Morgan fingerprint density at radius 1 is 1.13 bits per heavy atom. The molecular weight excluding hydrogens is 526 g/mol. The van der Waals surface area contributed by atoms with Crippen LogP contribution in [0, 0.1) is 6.92 Å². The maximum absolute atomic E-state index is 13.6. The van der Waals surface area contributed by atoms with Gasteiger partial charge in [0, 0.05) is 42.0 Å². The summed E-state index contributed by atoms with van der Waals surface area (Å²) in [6.07, 6.45) is 4.17. The van der Waals surface area contributed by atoms with Gasteiger partial charge in [0.1, 0.15) is 27.1 Å². The fraction of sp³-hybridized carbons (Fsp3) is 0.500. The molecule has 8 nitrogen and oxygen atoms in total. The number of carbonyl (C=O) groups excluding carboxylic acids is 2. The lowest BCUT2D eigenvalue weighted by Crippen LogP contribution is -2.52. The minimum atomic E-state index is -2.95. The second-order valence-corrected chi connectivity index (χ2v) is 13.5. The number of nitrogens with zero attached hydrogens (tertiary/aromatic N) is 1. The normalized spacial score (nSPS) is 24.2. The number of piperidine rings is 2. The molecule has 0 aliphatic carbocycles. The molecule has 204 valence electrons. The predicted octanol–water partition coefficient (Wildman–Crippen LogP) is 3.77. The zero-order valence-corrected chi connectivity index (χ0v) is 23.3. The molecule has 3 aliphatic heterocycles. The lowest BCUT2D eigenvalue weighted by Gasteiger charge is -2.41. The predicted molar refractivity (Wildman–Crippen MR) is 147 cm³/mol. The van der Waals surface area contributed by atoms with E-state index in [4.69, 9.17) is 16.3 Å². The van der Waals surface area contributed by atoms with Crippen molar-refractivity contribution in [2.24, 2.45) is 0 Å². The molecule has 1 spiro atoms. The van der Waals surface area contributed by atoms with Crippen molar-refractivity contribution in [1.29, 1.82) is 0 Å². The van der Waals surface area contributed by atoms with Gasteiger partial charge in [-0.1, -0.05) is 35.4 Å². The van der Waals surface area contributed by atoms with Crippen LogP contribution in [0.3, 0.4) is 0 Å². The Morgan fingerprint density at radius 3 is 2.63 bits per heavy atom. The number of benzene rings is 2. The molecule has 2 aromatic rings. The standard InChI is InChI=1S/C28H34ClN3O5S/c1-18-4-7-24(37-20-9-13-32(14-10-20)12-3-15-38(2,35)36)21(16-18)26-28(11-8-25(33)31-26)22-6-5-19(29)17-23(22)30-27(28)34/h4-7,16-17,20,26H,3,8-15H2,1-2H3,(H,30,34)(H,31,33)/t26-,28-/m1/s1. The zero-order valence-electron chi connectivity index (χ0n) is 21.8. The first-order chi connectivity index (χ1) is 18.0. The third-order valence-corrected chi connectivity index (χ3v) is 9.22. The summed E-state index contributed by atoms with van der Waals surface area (Å²) in [4.78, 5) is 28.6. The number of ether oxygens (including phenoxy) is 1. The number of carbonyl (C=O) groups is 2. The van der Waals surface area contributed by atoms with Crippen molar-refractivity contribution in [1.82, 2.24) is 10.2 Å². The van der Waals surface area contributed by atoms with Gasteiger partial charge in [0.15, 0.2) is 0 Å². The molecule has 38 heavy (non-hydrogen) atoms. The summed E-state index contributed by atoms with van der Waals surface area (Å²) in [5, 5.41) is 6.67. The molecule has 5 rings (SSSR count). The second kappa shape index (κ2) is 10.5. The molecule has 0 aromatic heterocycles. The molecule has 2 aromatic carbocycles. The Hall–Kier alpha value is -2.62. The number of nitrogens with one attached hydrogen (secondary N) is 2. The fourth-order valence-corrected chi connectivity index (χ4v) is 6.86. The van der Waals surface area contributed by atoms with Crippen LogP contribution >= 0.6 is 11.6 Å². The third-order valence-electron chi connectivity index (χ3n) is 7.95. The second-order valence-electron chi connectivity index (χ2n) is 10.8. The summed E-state index contributed by atoms with van der Waals surface area (Å²) < 4.78 is 29.4. The van der Waals surface area contributed by atoms with Crippen LogP contribution in [-0.4, -0.2) is 62.9 Å². The summed E-state index contributed by atoms with van der Waals surface area (Å²) in [6.45, 7) is 4.40. The number of sulfone groups is 1. The van der Waals surface area contributed by atoms with Crippen LogP contribution in [0.2, 0.25) is 5.02 Å². The lowest BCUT2D eigenvalue weighted by molar-refractivity contribution is -0.130. The minimum absolute atomic E-state index is 0.0126. The van der Waals surface area contributed by atoms with Gasteiger partial charge in [-0.3, -0.25) is 9.59 Å². The van der Waals surface area contributed by atoms with Crippen molar-refractivity contribution >= 4 is 38.9 Å². The van der Waals surface area contributed by atoms with Gasteiger partial charge in [-0.05, 0) is 62.9 Å². The molecule has 3 heterocycles. The highest BCUT2D eigenvalue weighted by Crippen LogP contribution is 2.52. The molecule has 2 atom stereocenters. The fourth-order valence-electron chi connectivity index (χ4n) is 6.04. The summed E-state index contributed by atoms with van der Waals surface area (Å²) in [5.41, 5.74) is 2.38. The van der Waals surface area contributed by atoms with Gasteiger partial charge in [-0.2, -0.15) is 0 Å². The Kier molecular flexibility index (Phi) is 7.46. The molecule has 2 N–H and O–H groups in total. The van der Waals surface area contributed by atoms with Crippen molar-refractivity contribution < 1.29 is 22.7 Å². The van der Waals surface area contributed by atoms with E-state index in [1.165, 1.54) is 6.26 Å². The number of halogens is 1. The number of hydrogen-bond acceptors (Lipinski definition) is 6. The number of aryl methyl sites for hydroxylation is 1. The Labute approximate surface area is 229 Å². The first kappa shape index (κ1) is 27.0. The SMILES string of the molecule is Cc1ccc(OC2CCN(CCCS(C)(=O)=O)CC2)c([C@H]2NC(=O)CC[C@]23C(=O)Nc2cc(Cl)ccc23)c1. The van der Waals surface area contributed by atoms with E-state index in [0.717, 1.165) is 49.2 Å². The molecule has 0 saturated carbocycles. The van der Waals surface area contributed by atoms with E-state index in [9.17, 15) is 18.0 Å². The maximum atomic E-state index is 13.6. The number of amides is 2. The van der Waals surface area contributed by atoms with Gasteiger partial charge >= 0.3 is 0 Å². The number of hydrogen-bond donors (Lipinski definition) is 2. The molecule has 10 heteroatoms. The van der Waals surface area contributed by atoms with Gasteiger partial charge in [-0.25, -0.2) is 8.42 Å². The van der Waals surface area contributed by atoms with Crippen LogP contribution in [0.15, 0.2) is 36.4 Å². The van der Waals surface area contributed by atoms with Gasteiger partial charge in [0.05, 0.1) is 11.8 Å². The van der Waals surface area contributed by atoms with E-state index in [1.54, 1.807) is 12.1 Å². The van der Waals surface area contributed by atoms with Gasteiger partial charge < -0.3 is 20.3 Å². The summed E-state index contributed by atoms with van der Waals surface area (Å²) in [7, 11) is -2.95. The summed E-state index contributed by atoms with van der Waals surface area (Å²) in [5.74, 6) is 0.640. The average Bonchev–Trinajstić information content (AvgIpc) is 3.12. The quantitative estimate of drug-likeness (QED) is 0.535. The van der Waals surface area contributed by atoms with Crippen molar-refractivity contribution in [3.05, 3.63) is 58.1 Å². The van der Waals surface area contributed by atoms with Crippen molar-refractivity contribution in [2.75, 3.05) is 37.0 Å². The summed E-state index contributed by atoms with van der Waals surface area (Å²) >= 11 is 6.22. The lowest BCUT2D eigenvalue weighted by atomic mass is 9.67. The van der Waals surface area contributed by atoms with Crippen LogP contribution in [0.1, 0.15) is 54.8 Å². The molecule has 0 bridgehead atoms. The van der Waals surface area contributed by atoms with Crippen LogP contribution in [0.5, 0.6) is 5.75 Å². The number of fused-ring (bicyclic) bond motifs is 2. The van der Waals surface area contributed by atoms with Gasteiger partial charge in [0.25, 0.3) is 0 Å². The van der Waals surface area contributed by atoms with Crippen LogP contribution < -0.4 is 15.4 Å². The van der Waals surface area contributed by atoms with Gasteiger partial charge in [-0.15, -0.1) is 0 Å². The maximum Gasteiger partial charge on any atom is 0.237 e. The summed E-state index contributed by atoms with van der Waals surface area (Å²) in [6, 6.07) is 10.8. The van der Waals surface area contributed by atoms with E-state index in [2.05, 4.69) is 15.5 Å². The van der Waals surface area contributed by atoms with Gasteiger partial charge in [0.2, 0.25) is 11.8 Å². The number of likely N-dealkylation sites (tertiary alicyclic amines) is 1. The molecule has 0 unspecified atom stereocenters. The van der Waals surface area contributed by atoms with Crippen molar-refractivity contribution in [3.63, 3.8) is 0 Å². The van der Waals surface area contributed by atoms with Crippen molar-refractivity contribution in [3.8, 4) is 5.75 Å². The smallest absolute Gasteiger partial charge is 0.237 e. The highest BCUT2D eigenvalue weighted by Gasteiger charge is 2.56. The molecule has 2 saturated heterocycles. The number of anilines is 1. The molecule has 2 fully saturated rings. The third kappa shape index (κ3) is 5.42. The van der Waals surface area contributed by atoms with E-state index in [-0.39, 0.29) is 30.1 Å². The van der Waals surface area contributed by atoms with E-state index < -0.39 is 21.3 Å². The molecule has 3 aliphatic rings. The van der Waals surface area contributed by atoms with Crippen LogP contribution in [0.4, 0.5) is 5.69 Å². The highest BCUT2D eigenvalue weighted by atomic mass is 35.5. The van der Waals surface area contributed by atoms with Crippen molar-refractivity contribution in [2.45, 2.75) is 56.6 Å². The number of rotatable bonds is 7. The highest BCUT2D eigenvalue weighted by molar-refractivity contribution is 7.90. The molecule has 0 radical (unpaired) electrons. The largest absolute Gasteiger partial charge is 0.490 e. The zero-order chi connectivity index (χ0) is 27.1. The Bertz CT molecular complexity index is 1360. The van der Waals surface area contributed by atoms with E-state index in [1.807, 2.05) is 31.2 Å². The minimum Gasteiger partial charge on any atom is -0.490 e. The van der Waals surface area contributed by atoms with E-state index in [0.29, 0.717) is 29.3 Å². The Balaban J connectivity index is 1.39. The first-order valence-electron chi connectivity index (χ1n) is 13.1. The van der Waals surface area contributed by atoms with Crippen LogP contribution in [-0.2, 0) is 24.8 Å².